The summed E-state index contributed by atoms with van der Waals surface area (Å²) in [6.45, 7) is 2.06. The maximum atomic E-state index is 12.7. The van der Waals surface area contributed by atoms with Gasteiger partial charge in [-0.1, -0.05) is 83.9 Å². The zero-order valence-electron chi connectivity index (χ0n) is 15.1. The topological polar surface area (TPSA) is 29.1 Å². The minimum atomic E-state index is -0.180. The van der Waals surface area contributed by atoms with Gasteiger partial charge < -0.3 is 5.32 Å². The molecule has 0 bridgehead atoms. The fourth-order valence-corrected chi connectivity index (χ4v) is 3.61. The molecule has 1 amide bonds. The van der Waals surface area contributed by atoms with Crippen molar-refractivity contribution in [1.29, 1.82) is 0 Å². The molecule has 0 radical (unpaired) electrons. The van der Waals surface area contributed by atoms with Crippen LogP contribution in [0.3, 0.4) is 0 Å². The summed E-state index contributed by atoms with van der Waals surface area (Å²) in [6, 6.07) is 23.3. The van der Waals surface area contributed by atoms with Gasteiger partial charge in [0.05, 0.1) is 6.04 Å². The van der Waals surface area contributed by atoms with Gasteiger partial charge in [-0.3, -0.25) is 4.79 Å². The van der Waals surface area contributed by atoms with Crippen LogP contribution in [0.1, 0.15) is 34.7 Å². The zero-order valence-corrected chi connectivity index (χ0v) is 16.6. The largest absolute Gasteiger partial charge is 0.345 e. The summed E-state index contributed by atoms with van der Waals surface area (Å²) in [6.07, 6.45) is 0.924. The van der Waals surface area contributed by atoms with Crippen LogP contribution in [0.2, 0.25) is 10.0 Å². The van der Waals surface area contributed by atoms with Crippen molar-refractivity contribution < 1.29 is 4.79 Å². The Balaban J connectivity index is 1.76. The van der Waals surface area contributed by atoms with Crippen LogP contribution in [0.25, 0.3) is 0 Å². The van der Waals surface area contributed by atoms with Crippen LogP contribution in [-0.4, -0.2) is 5.91 Å². The van der Waals surface area contributed by atoms with Crippen molar-refractivity contribution in [2.24, 2.45) is 0 Å². The molecule has 0 aliphatic rings. The number of benzene rings is 3. The third-order valence-corrected chi connectivity index (χ3v) is 5.16. The first-order valence-corrected chi connectivity index (χ1v) is 9.64. The Labute approximate surface area is 170 Å². The summed E-state index contributed by atoms with van der Waals surface area (Å²) in [4.78, 5) is 12.7. The minimum Gasteiger partial charge on any atom is -0.345 e. The van der Waals surface area contributed by atoms with Gasteiger partial charge in [0, 0.05) is 16.5 Å². The monoisotopic (exact) mass is 397 g/mol. The van der Waals surface area contributed by atoms with E-state index in [4.69, 9.17) is 23.2 Å². The SMILES string of the molecule is Cc1ccccc1C(NC(=O)CCc1ccc(Cl)cc1Cl)c1ccccc1. The average molecular weight is 398 g/mol. The number of hydrogen-bond donors (Lipinski definition) is 1. The molecule has 27 heavy (non-hydrogen) atoms. The van der Waals surface area contributed by atoms with Gasteiger partial charge >= 0.3 is 0 Å². The second-order valence-corrected chi connectivity index (χ2v) is 7.35. The number of halogens is 2. The molecule has 2 nitrogen and oxygen atoms in total. The van der Waals surface area contributed by atoms with Crippen LogP contribution in [0.15, 0.2) is 72.8 Å². The third kappa shape index (κ3) is 5.12. The van der Waals surface area contributed by atoms with Crippen LogP contribution in [0, 0.1) is 6.92 Å². The maximum absolute atomic E-state index is 12.7. The van der Waals surface area contributed by atoms with E-state index < -0.39 is 0 Å². The van der Waals surface area contributed by atoms with Gasteiger partial charge in [0.15, 0.2) is 0 Å². The number of aryl methyl sites for hydroxylation is 2. The van der Waals surface area contributed by atoms with E-state index in [9.17, 15) is 4.79 Å². The smallest absolute Gasteiger partial charge is 0.221 e. The second-order valence-electron chi connectivity index (χ2n) is 6.50. The highest BCUT2D eigenvalue weighted by molar-refractivity contribution is 6.35. The molecule has 1 unspecified atom stereocenters. The molecule has 0 heterocycles. The highest BCUT2D eigenvalue weighted by atomic mass is 35.5. The van der Waals surface area contributed by atoms with Gasteiger partial charge in [-0.25, -0.2) is 0 Å². The lowest BCUT2D eigenvalue weighted by atomic mass is 9.94. The van der Waals surface area contributed by atoms with Crippen LogP contribution in [0.5, 0.6) is 0 Å². The maximum Gasteiger partial charge on any atom is 0.221 e. The minimum absolute atomic E-state index is 0.0156. The first-order valence-electron chi connectivity index (χ1n) is 8.88. The molecule has 138 valence electrons. The van der Waals surface area contributed by atoms with E-state index in [1.54, 1.807) is 12.1 Å². The third-order valence-electron chi connectivity index (χ3n) is 4.57. The zero-order chi connectivity index (χ0) is 19.2. The molecule has 1 atom stereocenters. The van der Waals surface area contributed by atoms with Crippen molar-refractivity contribution in [3.63, 3.8) is 0 Å². The summed E-state index contributed by atoms with van der Waals surface area (Å²) in [5, 5.41) is 4.37. The molecule has 0 spiro atoms. The predicted octanol–water partition coefficient (Wildman–Crippen LogP) is 6.14. The molecular formula is C23H21Cl2NO. The van der Waals surface area contributed by atoms with Gasteiger partial charge in [-0.05, 0) is 47.7 Å². The van der Waals surface area contributed by atoms with Crippen LogP contribution < -0.4 is 5.32 Å². The standard InChI is InChI=1S/C23H21Cl2NO/c1-16-7-5-6-10-20(16)23(18-8-3-2-4-9-18)26-22(27)14-12-17-11-13-19(24)15-21(17)25/h2-11,13,15,23H,12,14H2,1H3,(H,26,27). The molecule has 3 rings (SSSR count). The molecule has 0 fully saturated rings. The second kappa shape index (κ2) is 9.07. The van der Waals surface area contributed by atoms with Crippen molar-refractivity contribution in [2.45, 2.75) is 25.8 Å². The first kappa shape index (κ1) is 19.5. The lowest BCUT2D eigenvalue weighted by Crippen LogP contribution is -2.30. The quantitative estimate of drug-likeness (QED) is 0.531. The molecule has 3 aromatic rings. The number of carbonyl (C=O) groups is 1. The number of carbonyl (C=O) groups excluding carboxylic acids is 1. The Morgan fingerprint density at radius 2 is 1.67 bits per heavy atom. The van der Waals surface area contributed by atoms with Gasteiger partial charge in [-0.15, -0.1) is 0 Å². The number of hydrogen-bond acceptors (Lipinski definition) is 1. The summed E-state index contributed by atoms with van der Waals surface area (Å²) in [5.41, 5.74) is 4.22. The van der Waals surface area contributed by atoms with Gasteiger partial charge in [0.2, 0.25) is 5.91 Å². The van der Waals surface area contributed by atoms with Crippen molar-refractivity contribution in [2.75, 3.05) is 0 Å². The van der Waals surface area contributed by atoms with Gasteiger partial charge in [0.25, 0.3) is 0 Å². The molecule has 0 aromatic heterocycles. The highest BCUT2D eigenvalue weighted by Crippen LogP contribution is 2.26. The molecular weight excluding hydrogens is 377 g/mol. The summed E-state index contributed by atoms with van der Waals surface area (Å²) >= 11 is 12.2. The summed E-state index contributed by atoms with van der Waals surface area (Å²) < 4.78 is 0. The van der Waals surface area contributed by atoms with E-state index in [-0.39, 0.29) is 11.9 Å². The molecule has 0 saturated heterocycles. The summed E-state index contributed by atoms with van der Waals surface area (Å²) in [7, 11) is 0. The van der Waals surface area contributed by atoms with E-state index >= 15 is 0 Å². The van der Waals surface area contributed by atoms with Crippen LogP contribution in [-0.2, 0) is 11.2 Å². The number of rotatable bonds is 6. The van der Waals surface area contributed by atoms with E-state index in [1.807, 2.05) is 48.5 Å². The first-order chi connectivity index (χ1) is 13.0. The molecule has 0 aliphatic heterocycles. The van der Waals surface area contributed by atoms with E-state index in [0.717, 1.165) is 22.3 Å². The Morgan fingerprint density at radius 3 is 2.37 bits per heavy atom. The lowest BCUT2D eigenvalue weighted by Gasteiger charge is -2.22. The van der Waals surface area contributed by atoms with Gasteiger partial charge in [-0.2, -0.15) is 0 Å². The molecule has 3 aromatic carbocycles. The van der Waals surface area contributed by atoms with Crippen LogP contribution >= 0.6 is 23.2 Å². The highest BCUT2D eigenvalue weighted by Gasteiger charge is 2.18. The molecule has 1 N–H and O–H groups in total. The fraction of sp³-hybridized carbons (Fsp3) is 0.174. The van der Waals surface area contributed by atoms with E-state index in [1.165, 1.54) is 0 Å². The Hall–Kier alpha value is -2.29. The Morgan fingerprint density at radius 1 is 0.963 bits per heavy atom. The number of nitrogens with one attached hydrogen (secondary N) is 1. The van der Waals surface area contributed by atoms with Crippen molar-refractivity contribution in [3.8, 4) is 0 Å². The van der Waals surface area contributed by atoms with Crippen molar-refractivity contribution >= 4 is 29.1 Å². The average Bonchev–Trinajstić information content (AvgIpc) is 2.67. The normalized spacial score (nSPS) is 11.8. The summed E-state index contributed by atoms with van der Waals surface area (Å²) in [5.74, 6) is -0.0156. The van der Waals surface area contributed by atoms with Gasteiger partial charge in [0.1, 0.15) is 0 Å². The van der Waals surface area contributed by atoms with E-state index in [2.05, 4.69) is 24.4 Å². The van der Waals surface area contributed by atoms with E-state index in [0.29, 0.717) is 22.9 Å². The fourth-order valence-electron chi connectivity index (χ4n) is 3.10. The molecule has 0 aliphatic carbocycles. The lowest BCUT2D eigenvalue weighted by molar-refractivity contribution is -0.121. The Kier molecular flexibility index (Phi) is 6.54. The van der Waals surface area contributed by atoms with Crippen LogP contribution in [0.4, 0.5) is 0 Å². The molecule has 4 heteroatoms. The van der Waals surface area contributed by atoms with Crippen molar-refractivity contribution in [3.05, 3.63) is 105 Å². The predicted molar refractivity (Wildman–Crippen MR) is 112 cm³/mol. The Bertz CT molecular complexity index is 925. The van der Waals surface area contributed by atoms with Crippen molar-refractivity contribution in [1.82, 2.24) is 5.32 Å². The molecule has 0 saturated carbocycles. The number of amides is 1.